The molecule has 0 radical (unpaired) electrons. The summed E-state index contributed by atoms with van der Waals surface area (Å²) in [6.07, 6.45) is 3.01. The van der Waals surface area contributed by atoms with E-state index in [2.05, 4.69) is 20.2 Å². The van der Waals surface area contributed by atoms with E-state index >= 15 is 0 Å². The van der Waals surface area contributed by atoms with Crippen LogP contribution in [-0.2, 0) is 10.0 Å². The molecule has 0 unspecified atom stereocenters. The number of anilines is 1. The molecule has 88 valence electrons. The topological polar surface area (TPSA) is 84.0 Å². The highest BCUT2D eigenvalue weighted by Gasteiger charge is 2.12. The van der Waals surface area contributed by atoms with Crippen LogP contribution in [0.2, 0.25) is 0 Å². The molecule has 0 atom stereocenters. The number of hydrogen-bond donors (Lipinski definition) is 2. The third-order valence-corrected chi connectivity index (χ3v) is 3.18. The van der Waals surface area contributed by atoms with Crippen LogP contribution < -0.4 is 10.3 Å². The van der Waals surface area contributed by atoms with Crippen molar-refractivity contribution in [3.63, 3.8) is 0 Å². The normalized spacial score (nSPS) is 11.1. The van der Waals surface area contributed by atoms with Crippen molar-refractivity contribution >= 4 is 16.0 Å². The molecule has 0 aliphatic rings. The SMILES string of the molecule is O=S(=O)(NNc1ncccn1)c1ccccc1. The molecular weight excluding hydrogens is 240 g/mol. The van der Waals surface area contributed by atoms with Crippen LogP contribution in [0, 0.1) is 0 Å². The second-order valence-corrected chi connectivity index (χ2v) is 4.80. The molecule has 0 aliphatic heterocycles. The molecular formula is C10H10N4O2S. The van der Waals surface area contributed by atoms with Crippen molar-refractivity contribution in [2.75, 3.05) is 5.43 Å². The minimum Gasteiger partial charge on any atom is -0.276 e. The Kier molecular flexibility index (Phi) is 3.31. The van der Waals surface area contributed by atoms with Gasteiger partial charge in [0.05, 0.1) is 4.90 Å². The molecule has 7 heteroatoms. The summed E-state index contributed by atoms with van der Waals surface area (Å²) in [7, 11) is -3.60. The van der Waals surface area contributed by atoms with Crippen molar-refractivity contribution in [2.45, 2.75) is 4.90 Å². The van der Waals surface area contributed by atoms with Crippen LogP contribution in [0.4, 0.5) is 5.95 Å². The van der Waals surface area contributed by atoms with Crippen LogP contribution in [-0.4, -0.2) is 18.4 Å². The van der Waals surface area contributed by atoms with Crippen LogP contribution in [0.5, 0.6) is 0 Å². The highest BCUT2D eigenvalue weighted by molar-refractivity contribution is 7.89. The lowest BCUT2D eigenvalue weighted by Crippen LogP contribution is -2.30. The molecule has 0 saturated carbocycles. The van der Waals surface area contributed by atoms with Crippen LogP contribution in [0.1, 0.15) is 0 Å². The molecule has 0 spiro atoms. The second-order valence-electron chi connectivity index (χ2n) is 3.12. The van der Waals surface area contributed by atoms with E-state index in [1.165, 1.54) is 24.5 Å². The molecule has 2 N–H and O–H groups in total. The minimum absolute atomic E-state index is 0.170. The zero-order chi connectivity index (χ0) is 12.1. The van der Waals surface area contributed by atoms with Crippen molar-refractivity contribution < 1.29 is 8.42 Å². The molecule has 1 heterocycles. The molecule has 2 rings (SSSR count). The van der Waals surface area contributed by atoms with Crippen molar-refractivity contribution in [3.05, 3.63) is 48.8 Å². The monoisotopic (exact) mass is 250 g/mol. The molecule has 1 aromatic heterocycles. The Morgan fingerprint density at radius 3 is 2.24 bits per heavy atom. The first-order chi connectivity index (χ1) is 8.18. The van der Waals surface area contributed by atoms with Crippen LogP contribution in [0.25, 0.3) is 0 Å². The summed E-state index contributed by atoms with van der Waals surface area (Å²) in [6.45, 7) is 0. The first kappa shape index (κ1) is 11.5. The van der Waals surface area contributed by atoms with Gasteiger partial charge in [-0.1, -0.05) is 18.2 Å². The van der Waals surface area contributed by atoms with E-state index in [1.807, 2.05) is 0 Å². The summed E-state index contributed by atoms with van der Waals surface area (Å²) < 4.78 is 23.6. The average molecular weight is 250 g/mol. The van der Waals surface area contributed by atoms with Gasteiger partial charge in [-0.25, -0.2) is 18.4 Å². The predicted molar refractivity (Wildman–Crippen MR) is 62.4 cm³/mol. The first-order valence-electron chi connectivity index (χ1n) is 4.78. The Bertz CT molecular complexity index is 572. The summed E-state index contributed by atoms with van der Waals surface area (Å²) in [4.78, 5) is 10.0. The second kappa shape index (κ2) is 4.89. The van der Waals surface area contributed by atoms with E-state index < -0.39 is 10.0 Å². The van der Waals surface area contributed by atoms with Gasteiger partial charge in [0.2, 0.25) is 5.95 Å². The summed E-state index contributed by atoms with van der Waals surface area (Å²) >= 11 is 0. The van der Waals surface area contributed by atoms with Gasteiger partial charge in [-0.05, 0) is 18.2 Å². The smallest absolute Gasteiger partial charge is 0.257 e. The summed E-state index contributed by atoms with van der Waals surface area (Å²) in [6, 6.07) is 9.66. The Morgan fingerprint density at radius 1 is 0.941 bits per heavy atom. The van der Waals surface area contributed by atoms with Gasteiger partial charge in [-0.3, -0.25) is 5.43 Å². The van der Waals surface area contributed by atoms with Crippen molar-refractivity contribution in [1.29, 1.82) is 0 Å². The maximum Gasteiger partial charge on any atom is 0.257 e. The third-order valence-electron chi connectivity index (χ3n) is 1.92. The summed E-state index contributed by atoms with van der Waals surface area (Å²) in [5.41, 5.74) is 2.42. The third kappa shape index (κ3) is 2.99. The Balaban J connectivity index is 2.09. The molecule has 0 aliphatic carbocycles. The fourth-order valence-corrected chi connectivity index (χ4v) is 1.99. The number of nitrogens with zero attached hydrogens (tertiary/aromatic N) is 2. The van der Waals surface area contributed by atoms with E-state index in [0.29, 0.717) is 0 Å². The number of hydrazine groups is 1. The highest BCUT2D eigenvalue weighted by Crippen LogP contribution is 2.06. The standard InChI is InChI=1S/C10H10N4O2S/c15-17(16,9-5-2-1-3-6-9)14-13-10-11-7-4-8-12-10/h1-8,14H,(H,11,12,13). The Hall–Kier alpha value is -1.99. The van der Waals surface area contributed by atoms with Gasteiger partial charge >= 0.3 is 0 Å². The minimum atomic E-state index is -3.60. The maximum atomic E-state index is 11.8. The Morgan fingerprint density at radius 2 is 1.59 bits per heavy atom. The van der Waals surface area contributed by atoms with Gasteiger partial charge in [0.25, 0.3) is 10.0 Å². The van der Waals surface area contributed by atoms with E-state index in [9.17, 15) is 8.42 Å². The van der Waals surface area contributed by atoms with Gasteiger partial charge in [0, 0.05) is 12.4 Å². The first-order valence-corrected chi connectivity index (χ1v) is 6.27. The lowest BCUT2D eigenvalue weighted by molar-refractivity contribution is 0.587. The van der Waals surface area contributed by atoms with Crippen molar-refractivity contribution in [3.8, 4) is 0 Å². The van der Waals surface area contributed by atoms with E-state index in [4.69, 9.17) is 0 Å². The molecule has 17 heavy (non-hydrogen) atoms. The Labute approximate surface area is 98.8 Å². The lowest BCUT2D eigenvalue weighted by atomic mass is 10.4. The summed E-state index contributed by atoms with van der Waals surface area (Å²) in [5, 5.41) is 0. The quantitative estimate of drug-likeness (QED) is 0.783. The summed E-state index contributed by atoms with van der Waals surface area (Å²) in [5.74, 6) is 0.187. The number of rotatable bonds is 4. The van der Waals surface area contributed by atoms with Crippen LogP contribution in [0.15, 0.2) is 53.7 Å². The highest BCUT2D eigenvalue weighted by atomic mass is 32.2. The van der Waals surface area contributed by atoms with E-state index in [-0.39, 0.29) is 10.8 Å². The van der Waals surface area contributed by atoms with Crippen LogP contribution in [0.3, 0.4) is 0 Å². The van der Waals surface area contributed by atoms with Gasteiger partial charge in [0.15, 0.2) is 0 Å². The number of nitrogens with one attached hydrogen (secondary N) is 2. The average Bonchev–Trinajstić information content (AvgIpc) is 2.39. The zero-order valence-electron chi connectivity index (χ0n) is 8.74. The fourth-order valence-electron chi connectivity index (χ4n) is 1.14. The number of benzene rings is 1. The molecule has 0 fully saturated rings. The lowest BCUT2D eigenvalue weighted by Gasteiger charge is -2.07. The van der Waals surface area contributed by atoms with E-state index in [0.717, 1.165) is 0 Å². The van der Waals surface area contributed by atoms with Gasteiger partial charge in [-0.15, -0.1) is 4.83 Å². The van der Waals surface area contributed by atoms with Crippen molar-refractivity contribution in [1.82, 2.24) is 14.8 Å². The van der Waals surface area contributed by atoms with E-state index in [1.54, 1.807) is 24.3 Å². The fraction of sp³-hybridized carbons (Fsp3) is 0. The number of sulfonamides is 1. The maximum absolute atomic E-state index is 11.8. The van der Waals surface area contributed by atoms with Crippen molar-refractivity contribution in [2.24, 2.45) is 0 Å². The predicted octanol–water partition coefficient (Wildman–Crippen LogP) is 0.782. The molecule has 6 nitrogen and oxygen atoms in total. The van der Waals surface area contributed by atoms with Gasteiger partial charge < -0.3 is 0 Å². The largest absolute Gasteiger partial charge is 0.276 e. The molecule has 0 amide bonds. The number of aromatic nitrogens is 2. The van der Waals surface area contributed by atoms with Gasteiger partial charge in [0.1, 0.15) is 0 Å². The van der Waals surface area contributed by atoms with Gasteiger partial charge in [-0.2, -0.15) is 0 Å². The molecule has 2 aromatic rings. The number of hydrogen-bond acceptors (Lipinski definition) is 5. The molecule has 0 bridgehead atoms. The molecule has 1 aromatic carbocycles. The zero-order valence-corrected chi connectivity index (χ0v) is 9.55. The van der Waals surface area contributed by atoms with Crippen LogP contribution >= 0.6 is 0 Å². The molecule has 0 saturated heterocycles.